The monoisotopic (exact) mass is 439 g/mol. The van der Waals surface area contributed by atoms with Crippen LogP contribution in [0, 0.1) is 0 Å². The van der Waals surface area contributed by atoms with Crippen molar-refractivity contribution in [2.45, 2.75) is 51.4 Å². The standard InChI is InChI=1S/C24H29N3O3S/c1-4-18-9-7-10-19(15-18)25-22(28)16-31-24-26-21-12-6-5-11-20(21)23(29)27(24)13-8-14-30-17(2)3/h5-7,9-12,15,17H,4,8,13-14,16H2,1-3H3,(H,25,28). The van der Waals surface area contributed by atoms with Crippen molar-refractivity contribution >= 4 is 34.3 Å². The second kappa shape index (κ2) is 11.1. The summed E-state index contributed by atoms with van der Waals surface area (Å²) in [5.74, 6) is 0.0410. The lowest BCUT2D eigenvalue weighted by Crippen LogP contribution is -2.25. The number of ether oxygens (including phenoxy) is 1. The number of aromatic nitrogens is 2. The van der Waals surface area contributed by atoms with E-state index < -0.39 is 0 Å². The van der Waals surface area contributed by atoms with Crippen LogP contribution in [-0.4, -0.2) is 33.9 Å². The topological polar surface area (TPSA) is 73.2 Å². The molecule has 0 aliphatic carbocycles. The van der Waals surface area contributed by atoms with Gasteiger partial charge in [0.25, 0.3) is 5.56 Å². The number of anilines is 1. The number of hydrogen-bond donors (Lipinski definition) is 1. The van der Waals surface area contributed by atoms with Gasteiger partial charge in [-0.2, -0.15) is 0 Å². The smallest absolute Gasteiger partial charge is 0.262 e. The van der Waals surface area contributed by atoms with E-state index in [0.29, 0.717) is 35.6 Å². The molecule has 1 aromatic heterocycles. The molecule has 1 amide bonds. The highest BCUT2D eigenvalue weighted by Crippen LogP contribution is 2.19. The molecule has 0 saturated heterocycles. The van der Waals surface area contributed by atoms with Crippen LogP contribution in [0.2, 0.25) is 0 Å². The molecule has 3 aromatic rings. The van der Waals surface area contributed by atoms with Crippen molar-refractivity contribution in [1.82, 2.24) is 9.55 Å². The van der Waals surface area contributed by atoms with Crippen LogP contribution in [0.4, 0.5) is 5.69 Å². The number of carbonyl (C=O) groups is 1. The first-order valence-electron chi connectivity index (χ1n) is 10.6. The number of benzene rings is 2. The van der Waals surface area contributed by atoms with Crippen molar-refractivity contribution in [2.24, 2.45) is 0 Å². The molecule has 0 radical (unpaired) electrons. The number of nitrogens with one attached hydrogen (secondary N) is 1. The fourth-order valence-electron chi connectivity index (χ4n) is 3.19. The summed E-state index contributed by atoms with van der Waals surface area (Å²) in [6.07, 6.45) is 1.75. The summed E-state index contributed by atoms with van der Waals surface area (Å²) in [5.41, 5.74) is 2.49. The van der Waals surface area contributed by atoms with Gasteiger partial charge in [0.15, 0.2) is 5.16 Å². The largest absolute Gasteiger partial charge is 0.379 e. The van der Waals surface area contributed by atoms with Crippen LogP contribution >= 0.6 is 11.8 Å². The number of nitrogens with zero attached hydrogens (tertiary/aromatic N) is 2. The van der Waals surface area contributed by atoms with Gasteiger partial charge in [0.2, 0.25) is 5.91 Å². The number of hydrogen-bond acceptors (Lipinski definition) is 5. The molecule has 0 bridgehead atoms. The van der Waals surface area contributed by atoms with Crippen LogP contribution < -0.4 is 10.9 Å². The third-order valence-corrected chi connectivity index (χ3v) is 5.73. The second-order valence-corrected chi connectivity index (χ2v) is 8.47. The van der Waals surface area contributed by atoms with Crippen molar-refractivity contribution in [2.75, 3.05) is 17.7 Å². The number of fused-ring (bicyclic) bond motifs is 1. The number of aryl methyl sites for hydroxylation is 1. The average Bonchev–Trinajstić information content (AvgIpc) is 2.76. The minimum atomic E-state index is -0.129. The Kier molecular flexibility index (Phi) is 8.26. The molecule has 0 aliphatic rings. The SMILES string of the molecule is CCc1cccc(NC(=O)CSc2nc3ccccc3c(=O)n2CCCOC(C)C)c1. The van der Waals surface area contributed by atoms with E-state index in [4.69, 9.17) is 4.74 Å². The van der Waals surface area contributed by atoms with E-state index in [1.807, 2.05) is 56.3 Å². The molecule has 0 atom stereocenters. The summed E-state index contributed by atoms with van der Waals surface area (Å²) in [7, 11) is 0. The molecular weight excluding hydrogens is 410 g/mol. The van der Waals surface area contributed by atoms with E-state index in [0.717, 1.165) is 12.1 Å². The lowest BCUT2D eigenvalue weighted by atomic mass is 10.1. The van der Waals surface area contributed by atoms with Crippen molar-refractivity contribution in [3.05, 3.63) is 64.4 Å². The normalized spacial score (nSPS) is 11.2. The van der Waals surface area contributed by atoms with Crippen LogP contribution in [0.3, 0.4) is 0 Å². The average molecular weight is 440 g/mol. The Balaban J connectivity index is 1.75. The molecule has 0 unspecified atom stereocenters. The van der Waals surface area contributed by atoms with E-state index >= 15 is 0 Å². The van der Waals surface area contributed by atoms with E-state index in [1.54, 1.807) is 10.6 Å². The summed E-state index contributed by atoms with van der Waals surface area (Å²) in [4.78, 5) is 30.2. The first-order chi connectivity index (χ1) is 15.0. The van der Waals surface area contributed by atoms with Gasteiger partial charge in [-0.25, -0.2) is 4.98 Å². The van der Waals surface area contributed by atoms with Crippen LogP contribution in [-0.2, 0) is 22.5 Å². The zero-order valence-corrected chi connectivity index (χ0v) is 19.1. The Hall–Kier alpha value is -2.64. The van der Waals surface area contributed by atoms with Crippen LogP contribution in [0.25, 0.3) is 10.9 Å². The molecule has 2 aromatic carbocycles. The van der Waals surface area contributed by atoms with Crippen molar-refractivity contribution in [1.29, 1.82) is 0 Å². The number of thioether (sulfide) groups is 1. The van der Waals surface area contributed by atoms with Gasteiger partial charge in [-0.15, -0.1) is 0 Å². The number of amides is 1. The maximum absolute atomic E-state index is 13.1. The van der Waals surface area contributed by atoms with E-state index in [1.165, 1.54) is 17.3 Å². The van der Waals surface area contributed by atoms with Gasteiger partial charge in [0.05, 0.1) is 22.8 Å². The molecule has 1 heterocycles. The molecule has 31 heavy (non-hydrogen) atoms. The fourth-order valence-corrected chi connectivity index (χ4v) is 4.02. The summed E-state index contributed by atoms with van der Waals surface area (Å²) in [6, 6.07) is 15.1. The third kappa shape index (κ3) is 6.42. The Morgan fingerprint density at radius 2 is 2.00 bits per heavy atom. The first kappa shape index (κ1) is 23.0. The molecule has 164 valence electrons. The molecule has 0 fully saturated rings. The molecule has 1 N–H and O–H groups in total. The van der Waals surface area contributed by atoms with Gasteiger partial charge in [0.1, 0.15) is 0 Å². The Morgan fingerprint density at radius 3 is 2.77 bits per heavy atom. The lowest BCUT2D eigenvalue weighted by Gasteiger charge is -2.14. The molecule has 3 rings (SSSR count). The highest BCUT2D eigenvalue weighted by molar-refractivity contribution is 7.99. The quantitative estimate of drug-likeness (QED) is 0.286. The number of carbonyl (C=O) groups excluding carboxylic acids is 1. The molecular formula is C24H29N3O3S. The third-order valence-electron chi connectivity index (χ3n) is 4.76. The summed E-state index contributed by atoms with van der Waals surface area (Å²) < 4.78 is 7.26. The molecule has 0 spiro atoms. The highest BCUT2D eigenvalue weighted by Gasteiger charge is 2.13. The fraction of sp³-hybridized carbons (Fsp3) is 0.375. The van der Waals surface area contributed by atoms with Gasteiger partial charge < -0.3 is 10.1 Å². The van der Waals surface area contributed by atoms with E-state index in [9.17, 15) is 9.59 Å². The summed E-state index contributed by atoms with van der Waals surface area (Å²) >= 11 is 1.28. The number of rotatable bonds is 10. The van der Waals surface area contributed by atoms with Gasteiger partial charge in [-0.05, 0) is 56.5 Å². The zero-order valence-electron chi connectivity index (χ0n) is 18.3. The predicted molar refractivity (Wildman–Crippen MR) is 127 cm³/mol. The molecule has 6 nitrogen and oxygen atoms in total. The number of para-hydroxylation sites is 1. The van der Waals surface area contributed by atoms with E-state index in [2.05, 4.69) is 17.2 Å². The lowest BCUT2D eigenvalue weighted by molar-refractivity contribution is -0.113. The highest BCUT2D eigenvalue weighted by atomic mass is 32.2. The van der Waals surface area contributed by atoms with Gasteiger partial charge in [-0.3, -0.25) is 14.2 Å². The minimum absolute atomic E-state index is 0.0892. The van der Waals surface area contributed by atoms with Crippen LogP contribution in [0.1, 0.15) is 32.8 Å². The minimum Gasteiger partial charge on any atom is -0.379 e. The summed E-state index contributed by atoms with van der Waals surface area (Å²) in [6.45, 7) is 7.11. The van der Waals surface area contributed by atoms with Crippen molar-refractivity contribution in [3.63, 3.8) is 0 Å². The summed E-state index contributed by atoms with van der Waals surface area (Å²) in [5, 5.41) is 4.06. The van der Waals surface area contributed by atoms with E-state index in [-0.39, 0.29) is 23.3 Å². The molecule has 0 aliphatic heterocycles. The Labute approximate surface area is 187 Å². The maximum Gasteiger partial charge on any atom is 0.262 e. The second-order valence-electron chi connectivity index (χ2n) is 7.53. The van der Waals surface area contributed by atoms with Crippen molar-refractivity contribution < 1.29 is 9.53 Å². The van der Waals surface area contributed by atoms with Gasteiger partial charge in [0, 0.05) is 18.8 Å². The Bertz CT molecular complexity index is 1090. The first-order valence-corrected chi connectivity index (χ1v) is 11.6. The molecule has 7 heteroatoms. The van der Waals surface area contributed by atoms with Crippen molar-refractivity contribution in [3.8, 4) is 0 Å². The predicted octanol–water partition coefficient (Wildman–Crippen LogP) is 4.50. The van der Waals surface area contributed by atoms with Crippen LogP contribution in [0.15, 0.2) is 58.5 Å². The zero-order chi connectivity index (χ0) is 22.2. The van der Waals surface area contributed by atoms with Gasteiger partial charge >= 0.3 is 0 Å². The van der Waals surface area contributed by atoms with Gasteiger partial charge in [-0.1, -0.05) is 43.0 Å². The maximum atomic E-state index is 13.1. The Morgan fingerprint density at radius 1 is 1.19 bits per heavy atom. The van der Waals surface area contributed by atoms with Crippen LogP contribution in [0.5, 0.6) is 0 Å². The molecule has 0 saturated carbocycles.